The molecule has 1 saturated heterocycles. The molecule has 0 aliphatic carbocycles. The molecule has 0 saturated carbocycles. The average molecular weight is 283 g/mol. The van der Waals surface area contributed by atoms with E-state index >= 15 is 0 Å². The van der Waals surface area contributed by atoms with Crippen LogP contribution in [0.3, 0.4) is 0 Å². The van der Waals surface area contributed by atoms with E-state index in [4.69, 9.17) is 11.0 Å². The van der Waals surface area contributed by atoms with Crippen molar-refractivity contribution in [1.29, 1.82) is 5.26 Å². The predicted molar refractivity (Wildman–Crippen MR) is 71.2 cm³/mol. The zero-order valence-corrected chi connectivity index (χ0v) is 11.0. The number of nitrogens with two attached hydrogens (primary N) is 1. The Morgan fingerprint density at radius 2 is 2.15 bits per heavy atom. The van der Waals surface area contributed by atoms with Gasteiger partial charge in [-0.2, -0.15) is 18.4 Å². The van der Waals surface area contributed by atoms with Crippen LogP contribution in [0.1, 0.15) is 18.4 Å². The highest BCUT2D eigenvalue weighted by molar-refractivity contribution is 5.59. The van der Waals surface area contributed by atoms with Gasteiger partial charge in [0.2, 0.25) is 0 Å². The Balaban J connectivity index is 2.19. The monoisotopic (exact) mass is 283 g/mol. The van der Waals surface area contributed by atoms with Gasteiger partial charge < -0.3 is 10.6 Å². The summed E-state index contributed by atoms with van der Waals surface area (Å²) in [5.74, 6) is -1.28. The predicted octanol–water partition coefficient (Wildman–Crippen LogP) is 3.11. The number of nitrogen functional groups attached to an aromatic ring is 1. The molecule has 1 aromatic rings. The van der Waals surface area contributed by atoms with E-state index in [2.05, 4.69) is 0 Å². The van der Waals surface area contributed by atoms with Crippen molar-refractivity contribution in [2.45, 2.75) is 25.4 Å². The molecule has 6 heteroatoms. The number of rotatable bonds is 2. The molecule has 2 N–H and O–H groups in total. The van der Waals surface area contributed by atoms with E-state index in [1.807, 2.05) is 6.07 Å². The van der Waals surface area contributed by atoms with Crippen LogP contribution in [0.15, 0.2) is 18.2 Å². The number of nitriles is 1. The second-order valence-corrected chi connectivity index (χ2v) is 5.04. The van der Waals surface area contributed by atoms with Crippen LogP contribution in [-0.2, 0) is 6.42 Å². The molecule has 0 spiro atoms. The van der Waals surface area contributed by atoms with Crippen molar-refractivity contribution < 1.29 is 13.2 Å². The molecule has 108 valence electrons. The molecular weight excluding hydrogens is 267 g/mol. The zero-order valence-electron chi connectivity index (χ0n) is 11.0. The van der Waals surface area contributed by atoms with E-state index in [1.165, 1.54) is 0 Å². The Morgan fingerprint density at radius 3 is 2.80 bits per heavy atom. The third-order valence-corrected chi connectivity index (χ3v) is 3.65. The van der Waals surface area contributed by atoms with Crippen LogP contribution in [-0.4, -0.2) is 19.3 Å². The summed E-state index contributed by atoms with van der Waals surface area (Å²) in [4.78, 5) is 1.72. The van der Waals surface area contributed by atoms with Crippen LogP contribution in [0.25, 0.3) is 0 Å². The molecule has 1 aromatic carbocycles. The molecule has 1 atom stereocenters. The fourth-order valence-corrected chi connectivity index (χ4v) is 2.51. The summed E-state index contributed by atoms with van der Waals surface area (Å²) in [5.41, 5.74) is 7.62. The Bertz CT molecular complexity index is 519. The fourth-order valence-electron chi connectivity index (χ4n) is 2.51. The van der Waals surface area contributed by atoms with Crippen molar-refractivity contribution in [3.05, 3.63) is 23.8 Å². The van der Waals surface area contributed by atoms with Crippen LogP contribution >= 0.6 is 0 Å². The third-order valence-electron chi connectivity index (χ3n) is 3.65. The van der Waals surface area contributed by atoms with Crippen molar-refractivity contribution in [2.24, 2.45) is 5.92 Å². The second-order valence-electron chi connectivity index (χ2n) is 5.04. The van der Waals surface area contributed by atoms with Gasteiger partial charge in [-0.05, 0) is 36.6 Å². The highest BCUT2D eigenvalue weighted by Gasteiger charge is 2.41. The van der Waals surface area contributed by atoms with Crippen molar-refractivity contribution >= 4 is 11.4 Å². The van der Waals surface area contributed by atoms with Gasteiger partial charge in [-0.25, -0.2) is 0 Å². The Kier molecular flexibility index (Phi) is 4.07. The van der Waals surface area contributed by atoms with Gasteiger partial charge in [0.15, 0.2) is 0 Å². The van der Waals surface area contributed by atoms with Crippen LogP contribution in [0.4, 0.5) is 24.5 Å². The number of hydrogen-bond acceptors (Lipinski definition) is 3. The second kappa shape index (κ2) is 5.61. The van der Waals surface area contributed by atoms with Crippen LogP contribution in [0, 0.1) is 17.2 Å². The minimum atomic E-state index is -4.15. The Hall–Kier alpha value is -1.90. The molecule has 0 amide bonds. The smallest absolute Gasteiger partial charge is 0.393 e. The number of piperidine rings is 1. The molecule has 2 rings (SSSR count). The van der Waals surface area contributed by atoms with E-state index in [1.54, 1.807) is 23.1 Å². The quantitative estimate of drug-likeness (QED) is 0.848. The molecule has 1 heterocycles. The van der Waals surface area contributed by atoms with Crippen molar-refractivity contribution in [2.75, 3.05) is 23.7 Å². The van der Waals surface area contributed by atoms with Gasteiger partial charge in [0.25, 0.3) is 0 Å². The summed E-state index contributed by atoms with van der Waals surface area (Å²) in [5, 5.41) is 8.73. The summed E-state index contributed by atoms with van der Waals surface area (Å²) < 4.78 is 38.4. The maximum Gasteiger partial charge on any atom is 0.393 e. The Morgan fingerprint density at radius 1 is 1.40 bits per heavy atom. The number of hydrogen-bond donors (Lipinski definition) is 1. The molecule has 1 aliphatic heterocycles. The molecule has 0 radical (unpaired) electrons. The number of halogens is 3. The van der Waals surface area contributed by atoms with Gasteiger partial charge in [-0.1, -0.05) is 0 Å². The standard InChI is InChI=1S/C14H16F3N3/c15-14(16,17)11-2-1-7-20(9-11)12-3-4-13(19)10(8-12)5-6-18/h3-4,8,11H,1-2,5,7,9,19H2. The summed E-state index contributed by atoms with van der Waals surface area (Å²) >= 11 is 0. The number of alkyl halides is 3. The van der Waals surface area contributed by atoms with E-state index in [-0.39, 0.29) is 19.4 Å². The van der Waals surface area contributed by atoms with E-state index in [0.717, 1.165) is 0 Å². The summed E-state index contributed by atoms with van der Waals surface area (Å²) in [6.45, 7) is 0.571. The Labute approximate surface area is 115 Å². The van der Waals surface area contributed by atoms with Gasteiger partial charge >= 0.3 is 6.18 Å². The molecule has 1 aliphatic rings. The first kappa shape index (κ1) is 14.5. The van der Waals surface area contributed by atoms with Gasteiger partial charge in [0.1, 0.15) is 0 Å². The number of nitrogens with zero attached hydrogens (tertiary/aromatic N) is 2. The summed E-state index contributed by atoms with van der Waals surface area (Å²) in [6, 6.07) is 7.10. The topological polar surface area (TPSA) is 53.0 Å². The van der Waals surface area contributed by atoms with Crippen LogP contribution in [0.2, 0.25) is 0 Å². The minimum Gasteiger partial charge on any atom is -0.398 e. The lowest BCUT2D eigenvalue weighted by Crippen LogP contribution is -2.41. The van der Waals surface area contributed by atoms with Crippen molar-refractivity contribution in [3.8, 4) is 6.07 Å². The SMILES string of the molecule is N#CCc1cc(N2CCCC(C(F)(F)F)C2)ccc1N. The molecule has 20 heavy (non-hydrogen) atoms. The van der Waals surface area contributed by atoms with Gasteiger partial charge in [-0.3, -0.25) is 0 Å². The highest BCUT2D eigenvalue weighted by atomic mass is 19.4. The highest BCUT2D eigenvalue weighted by Crippen LogP contribution is 2.35. The van der Waals surface area contributed by atoms with Crippen LogP contribution in [0.5, 0.6) is 0 Å². The number of benzene rings is 1. The maximum absolute atomic E-state index is 12.8. The van der Waals surface area contributed by atoms with Crippen LogP contribution < -0.4 is 10.6 Å². The van der Waals surface area contributed by atoms with E-state index < -0.39 is 12.1 Å². The number of anilines is 2. The lowest BCUT2D eigenvalue weighted by Gasteiger charge is -2.35. The first-order valence-electron chi connectivity index (χ1n) is 6.49. The minimum absolute atomic E-state index is 0.0284. The van der Waals surface area contributed by atoms with E-state index in [9.17, 15) is 13.2 Å². The molecule has 0 bridgehead atoms. The normalized spacial score (nSPS) is 19.7. The van der Waals surface area contributed by atoms with Gasteiger partial charge in [-0.15, -0.1) is 0 Å². The lowest BCUT2D eigenvalue weighted by atomic mass is 9.96. The molecule has 0 aromatic heterocycles. The summed E-state index contributed by atoms with van der Waals surface area (Å²) in [6.07, 6.45) is -3.29. The zero-order chi connectivity index (χ0) is 14.8. The van der Waals surface area contributed by atoms with Crippen molar-refractivity contribution in [1.82, 2.24) is 0 Å². The maximum atomic E-state index is 12.8. The molecule has 3 nitrogen and oxygen atoms in total. The molecule has 1 unspecified atom stereocenters. The molecular formula is C14H16F3N3. The first-order chi connectivity index (χ1) is 9.41. The van der Waals surface area contributed by atoms with E-state index in [0.29, 0.717) is 29.9 Å². The lowest BCUT2D eigenvalue weighted by molar-refractivity contribution is -0.175. The van der Waals surface area contributed by atoms with Crippen molar-refractivity contribution in [3.63, 3.8) is 0 Å². The average Bonchev–Trinajstić information content (AvgIpc) is 2.41. The largest absolute Gasteiger partial charge is 0.398 e. The van der Waals surface area contributed by atoms with Gasteiger partial charge in [0.05, 0.1) is 18.4 Å². The summed E-state index contributed by atoms with van der Waals surface area (Å²) in [7, 11) is 0. The fraction of sp³-hybridized carbons (Fsp3) is 0.500. The van der Waals surface area contributed by atoms with Gasteiger partial charge in [0, 0.05) is 24.5 Å². The molecule has 1 fully saturated rings. The third kappa shape index (κ3) is 3.16. The first-order valence-corrected chi connectivity index (χ1v) is 6.49.